The number of hydrogen-bond acceptors (Lipinski definition) is 9. The first-order chi connectivity index (χ1) is 18.1. The minimum Gasteiger partial charge on any atom is -0.361 e. The van der Waals surface area contributed by atoms with Gasteiger partial charge in [-0.05, 0) is 78.4 Å². The first kappa shape index (κ1) is 25.8. The maximum absolute atomic E-state index is 6.13. The summed E-state index contributed by atoms with van der Waals surface area (Å²) >= 11 is 14.5. The lowest BCUT2D eigenvalue weighted by Crippen LogP contribution is -2.41. The zero-order valence-corrected chi connectivity index (χ0v) is 22.9. The molecule has 1 aliphatic carbocycles. The largest absolute Gasteiger partial charge is 0.361 e. The third-order valence-corrected chi connectivity index (χ3v) is 8.11. The van der Waals surface area contributed by atoms with Crippen molar-refractivity contribution in [2.24, 2.45) is 0 Å². The number of anilines is 1. The van der Waals surface area contributed by atoms with Crippen molar-refractivity contribution < 1.29 is 0 Å². The van der Waals surface area contributed by atoms with Gasteiger partial charge in [-0.2, -0.15) is 0 Å². The molecule has 0 unspecified atom stereocenters. The summed E-state index contributed by atoms with van der Waals surface area (Å²) in [5, 5.41) is 10.3. The monoisotopic (exact) mass is 566 g/mol. The van der Waals surface area contributed by atoms with Crippen LogP contribution in [0.25, 0.3) is 0 Å². The van der Waals surface area contributed by atoms with Crippen LogP contribution in [0.1, 0.15) is 31.2 Å². The second-order valence-electron chi connectivity index (χ2n) is 8.44. The molecule has 1 saturated carbocycles. The van der Waals surface area contributed by atoms with E-state index in [-0.39, 0.29) is 5.41 Å². The number of aromatic nitrogens is 6. The summed E-state index contributed by atoms with van der Waals surface area (Å²) in [5.74, 6) is 0.379. The van der Waals surface area contributed by atoms with Crippen LogP contribution < -0.4 is 10.6 Å². The van der Waals surface area contributed by atoms with Crippen LogP contribution in [0.2, 0.25) is 5.02 Å². The van der Waals surface area contributed by atoms with E-state index < -0.39 is 0 Å². The first-order valence-electron chi connectivity index (χ1n) is 11.7. The molecule has 2 N–H and O–H groups in total. The molecular weight excluding hydrogens is 544 g/mol. The predicted molar refractivity (Wildman–Crippen MR) is 150 cm³/mol. The highest BCUT2D eigenvalue weighted by atomic mass is 35.5. The van der Waals surface area contributed by atoms with Gasteiger partial charge in [-0.25, -0.2) is 29.9 Å². The van der Waals surface area contributed by atoms with Crippen LogP contribution >= 0.6 is 47.3 Å². The first-order valence-corrected chi connectivity index (χ1v) is 14.1. The van der Waals surface area contributed by atoms with Crippen molar-refractivity contribution in [2.75, 3.05) is 11.9 Å². The van der Waals surface area contributed by atoms with E-state index in [0.29, 0.717) is 38.0 Å². The molecule has 188 valence electrons. The van der Waals surface area contributed by atoms with Gasteiger partial charge in [0.05, 0.1) is 0 Å². The Balaban J connectivity index is 1.32. The fourth-order valence-electron chi connectivity index (χ4n) is 4.25. The van der Waals surface area contributed by atoms with Gasteiger partial charge in [0.25, 0.3) is 0 Å². The average molecular weight is 567 g/mol. The SMILES string of the molecule is S=C(NCC1(c2ccc(Cl)cc2)CCCC1)Nc1nc(Sc2ncccn2)cc(Sc2ncccn2)n1. The minimum atomic E-state index is 0.0190. The van der Waals surface area contributed by atoms with Crippen LogP contribution in [-0.4, -0.2) is 41.6 Å². The van der Waals surface area contributed by atoms with Gasteiger partial charge in [0.15, 0.2) is 15.4 Å². The van der Waals surface area contributed by atoms with E-state index in [1.165, 1.54) is 41.9 Å². The van der Waals surface area contributed by atoms with Crippen LogP contribution in [0, 0.1) is 0 Å². The van der Waals surface area contributed by atoms with Crippen molar-refractivity contribution >= 4 is 58.4 Å². The Morgan fingerprint density at radius 3 is 1.95 bits per heavy atom. The Bertz CT molecular complexity index is 1280. The molecule has 37 heavy (non-hydrogen) atoms. The van der Waals surface area contributed by atoms with E-state index in [1.54, 1.807) is 36.9 Å². The molecule has 0 spiro atoms. The van der Waals surface area contributed by atoms with E-state index in [0.717, 1.165) is 17.9 Å². The molecule has 0 aliphatic heterocycles. The summed E-state index contributed by atoms with van der Waals surface area (Å²) in [6, 6.07) is 13.6. The lowest BCUT2D eigenvalue weighted by atomic mass is 9.79. The number of nitrogens with zero attached hydrogens (tertiary/aromatic N) is 6. The van der Waals surface area contributed by atoms with Gasteiger partial charge in [-0.3, -0.25) is 0 Å². The number of halogens is 1. The maximum Gasteiger partial charge on any atom is 0.231 e. The smallest absolute Gasteiger partial charge is 0.231 e. The van der Waals surface area contributed by atoms with Gasteiger partial charge >= 0.3 is 0 Å². The molecule has 1 aliphatic rings. The fourth-order valence-corrected chi connectivity index (χ4v) is 6.04. The number of thiocarbonyl (C=S) groups is 1. The fraction of sp³-hybridized carbons (Fsp3) is 0.240. The van der Waals surface area contributed by atoms with Crippen molar-refractivity contribution in [1.82, 2.24) is 35.2 Å². The molecule has 8 nitrogen and oxygen atoms in total. The van der Waals surface area contributed by atoms with E-state index in [2.05, 4.69) is 52.7 Å². The van der Waals surface area contributed by atoms with Crippen LogP contribution in [0.5, 0.6) is 0 Å². The quantitative estimate of drug-likeness (QED) is 0.153. The lowest BCUT2D eigenvalue weighted by molar-refractivity contribution is 0.435. The van der Waals surface area contributed by atoms with Gasteiger partial charge in [-0.15, -0.1) is 0 Å². The molecular formula is C25H23ClN8S3. The Labute approximate surface area is 233 Å². The molecule has 0 bridgehead atoms. The molecule has 3 aromatic heterocycles. The third kappa shape index (κ3) is 6.92. The summed E-state index contributed by atoms with van der Waals surface area (Å²) in [5.41, 5.74) is 1.30. The van der Waals surface area contributed by atoms with Gasteiger partial charge in [-0.1, -0.05) is 36.6 Å². The highest BCUT2D eigenvalue weighted by molar-refractivity contribution is 7.99. The molecule has 0 amide bonds. The van der Waals surface area contributed by atoms with Crippen molar-refractivity contribution in [2.45, 2.75) is 51.5 Å². The summed E-state index contributed by atoms with van der Waals surface area (Å²) in [4.78, 5) is 26.4. The topological polar surface area (TPSA) is 101 Å². The Hall–Kier alpha value is -2.86. The van der Waals surface area contributed by atoms with Crippen LogP contribution in [0.15, 0.2) is 87.6 Å². The van der Waals surface area contributed by atoms with Crippen LogP contribution in [-0.2, 0) is 5.41 Å². The number of nitrogens with one attached hydrogen (secondary N) is 2. The van der Waals surface area contributed by atoms with Gasteiger partial charge < -0.3 is 10.6 Å². The number of benzene rings is 1. The molecule has 1 aromatic carbocycles. The van der Waals surface area contributed by atoms with Crippen molar-refractivity contribution in [3.63, 3.8) is 0 Å². The van der Waals surface area contributed by atoms with E-state index in [1.807, 2.05) is 18.2 Å². The van der Waals surface area contributed by atoms with E-state index in [9.17, 15) is 0 Å². The second kappa shape index (κ2) is 12.1. The lowest BCUT2D eigenvalue weighted by Gasteiger charge is -2.30. The molecule has 4 aromatic rings. The zero-order valence-electron chi connectivity index (χ0n) is 19.7. The summed E-state index contributed by atoms with van der Waals surface area (Å²) < 4.78 is 0. The highest BCUT2D eigenvalue weighted by Crippen LogP contribution is 2.41. The van der Waals surface area contributed by atoms with Crippen LogP contribution in [0.3, 0.4) is 0 Å². The van der Waals surface area contributed by atoms with Crippen LogP contribution in [0.4, 0.5) is 5.95 Å². The van der Waals surface area contributed by atoms with Crippen molar-refractivity contribution in [1.29, 1.82) is 0 Å². The van der Waals surface area contributed by atoms with E-state index >= 15 is 0 Å². The zero-order chi connectivity index (χ0) is 25.5. The summed E-state index contributed by atoms with van der Waals surface area (Å²) in [7, 11) is 0. The second-order valence-corrected chi connectivity index (χ2v) is 11.3. The van der Waals surface area contributed by atoms with Gasteiger partial charge in [0.1, 0.15) is 10.1 Å². The highest BCUT2D eigenvalue weighted by Gasteiger charge is 2.35. The standard InChI is InChI=1S/C25H23ClN8S3/c26-18-7-5-17(6-8-18)25(9-1-2-10-25)16-31-22(35)34-21-32-19(36-23-27-11-3-12-28-23)15-20(33-21)37-24-29-13-4-14-30-24/h3-8,11-15H,1-2,9-10,16H2,(H2,31,32,33,34,35). The third-order valence-electron chi connectivity index (χ3n) is 5.98. The molecule has 0 atom stereocenters. The number of hydrogen-bond donors (Lipinski definition) is 2. The summed E-state index contributed by atoms with van der Waals surface area (Å²) in [6.45, 7) is 0.715. The van der Waals surface area contributed by atoms with E-state index in [4.69, 9.17) is 23.8 Å². The molecule has 3 heterocycles. The molecule has 0 radical (unpaired) electrons. The number of rotatable bonds is 8. The van der Waals surface area contributed by atoms with Gasteiger partial charge in [0, 0.05) is 47.8 Å². The Kier molecular flexibility index (Phi) is 8.45. The normalized spacial score (nSPS) is 14.3. The molecule has 5 rings (SSSR count). The minimum absolute atomic E-state index is 0.0190. The van der Waals surface area contributed by atoms with Crippen molar-refractivity contribution in [3.8, 4) is 0 Å². The maximum atomic E-state index is 6.13. The Morgan fingerprint density at radius 2 is 1.41 bits per heavy atom. The average Bonchev–Trinajstić information content (AvgIpc) is 3.39. The molecule has 0 saturated heterocycles. The molecule has 12 heteroatoms. The summed E-state index contributed by atoms with van der Waals surface area (Å²) in [6.07, 6.45) is 11.4. The Morgan fingerprint density at radius 1 is 0.865 bits per heavy atom. The predicted octanol–water partition coefficient (Wildman–Crippen LogP) is 5.81. The molecule has 1 fully saturated rings. The van der Waals surface area contributed by atoms with Crippen molar-refractivity contribution in [3.05, 3.63) is 77.8 Å². The van der Waals surface area contributed by atoms with Gasteiger partial charge in [0.2, 0.25) is 5.95 Å².